The highest BCUT2D eigenvalue weighted by Gasteiger charge is 2.31. The summed E-state index contributed by atoms with van der Waals surface area (Å²) >= 11 is 0. The summed E-state index contributed by atoms with van der Waals surface area (Å²) < 4.78 is 11.1. The molecule has 2 rings (SSSR count). The zero-order valence-electron chi connectivity index (χ0n) is 21.4. The minimum Gasteiger partial charge on any atom is -0.496 e. The maximum atomic E-state index is 12.7. The Balaban J connectivity index is 2.14. The molecule has 0 saturated heterocycles. The topological polar surface area (TPSA) is 74.2 Å². The Morgan fingerprint density at radius 1 is 0.765 bits per heavy atom. The van der Waals surface area contributed by atoms with Crippen molar-refractivity contribution >= 4 is 17.3 Å². The summed E-state index contributed by atoms with van der Waals surface area (Å²) in [5, 5.41) is 4.40. The molecule has 0 aromatic heterocycles. The van der Waals surface area contributed by atoms with Gasteiger partial charge in [-0.2, -0.15) is 0 Å². The number of nitrogens with zero attached hydrogens (tertiary/aromatic N) is 1. The Morgan fingerprint density at radius 2 is 1.35 bits per heavy atom. The van der Waals surface area contributed by atoms with E-state index in [9.17, 15) is 9.59 Å². The molecule has 0 amide bonds. The summed E-state index contributed by atoms with van der Waals surface area (Å²) in [4.78, 5) is 30.8. The van der Waals surface area contributed by atoms with Crippen LogP contribution in [0.4, 0.5) is 0 Å². The van der Waals surface area contributed by atoms with Crippen LogP contribution >= 0.6 is 0 Å². The first-order valence-electron chi connectivity index (χ1n) is 12.8. The molecule has 0 spiro atoms. The van der Waals surface area contributed by atoms with Gasteiger partial charge in [-0.15, -0.1) is 0 Å². The Kier molecular flexibility index (Phi) is 12.4. The van der Waals surface area contributed by atoms with Gasteiger partial charge < -0.3 is 14.3 Å². The van der Waals surface area contributed by atoms with E-state index in [1.54, 1.807) is 6.07 Å². The largest absolute Gasteiger partial charge is 0.496 e. The lowest BCUT2D eigenvalue weighted by molar-refractivity contribution is 0.0989. The van der Waals surface area contributed by atoms with Crippen molar-refractivity contribution in [2.75, 3.05) is 20.8 Å². The second kappa shape index (κ2) is 15.3. The second-order valence-electron chi connectivity index (χ2n) is 8.77. The standard InChI is InChI=1S/C28H41NO5/c1-5-7-8-9-10-11-12-13-14-15-16-22(29-34-19-6-2)21-20-25(32-3)26-23(30)17-18-24(31)27(26)28(21)33-4/h17-18,20H,5-16,19H2,1-4H3/b29-22+. The number of fused-ring (bicyclic) bond motifs is 1. The highest BCUT2D eigenvalue weighted by Crippen LogP contribution is 2.38. The third-order valence-corrected chi connectivity index (χ3v) is 6.09. The molecule has 0 fully saturated rings. The van der Waals surface area contributed by atoms with Crippen molar-refractivity contribution in [2.45, 2.75) is 90.9 Å². The number of hydrogen-bond donors (Lipinski definition) is 0. The molecule has 0 bridgehead atoms. The Bertz CT molecular complexity index is 872. The average molecular weight is 472 g/mol. The number of rotatable bonds is 17. The van der Waals surface area contributed by atoms with Gasteiger partial charge in [0.2, 0.25) is 0 Å². The molecule has 1 aromatic rings. The number of oxime groups is 1. The summed E-state index contributed by atoms with van der Waals surface area (Å²) in [7, 11) is 3.00. The van der Waals surface area contributed by atoms with Crippen LogP contribution in [0.1, 0.15) is 117 Å². The molecule has 0 unspecified atom stereocenters. The van der Waals surface area contributed by atoms with Crippen molar-refractivity contribution in [2.24, 2.45) is 5.16 Å². The lowest BCUT2D eigenvalue weighted by Crippen LogP contribution is -2.18. The maximum absolute atomic E-state index is 12.7. The molecule has 0 saturated carbocycles. The molecule has 1 aliphatic carbocycles. The zero-order chi connectivity index (χ0) is 24.8. The van der Waals surface area contributed by atoms with Gasteiger partial charge in [0.1, 0.15) is 18.1 Å². The maximum Gasteiger partial charge on any atom is 0.190 e. The molecule has 0 N–H and O–H groups in total. The van der Waals surface area contributed by atoms with Crippen LogP contribution in [0.2, 0.25) is 0 Å². The van der Waals surface area contributed by atoms with Gasteiger partial charge in [0.05, 0.1) is 31.1 Å². The predicted octanol–water partition coefficient (Wildman–Crippen LogP) is 7.08. The first-order valence-corrected chi connectivity index (χ1v) is 12.8. The summed E-state index contributed by atoms with van der Waals surface area (Å²) in [6.45, 7) is 4.78. The molecule has 34 heavy (non-hydrogen) atoms. The lowest BCUT2D eigenvalue weighted by Gasteiger charge is -2.20. The average Bonchev–Trinajstić information content (AvgIpc) is 2.85. The van der Waals surface area contributed by atoms with Gasteiger partial charge in [-0.3, -0.25) is 9.59 Å². The highest BCUT2D eigenvalue weighted by atomic mass is 16.6. The van der Waals surface area contributed by atoms with Crippen LogP contribution < -0.4 is 9.47 Å². The number of benzene rings is 1. The quantitative estimate of drug-likeness (QED) is 0.138. The molecule has 6 nitrogen and oxygen atoms in total. The van der Waals surface area contributed by atoms with E-state index in [2.05, 4.69) is 12.1 Å². The molecule has 188 valence electrons. The number of ether oxygens (including phenoxy) is 2. The van der Waals surface area contributed by atoms with E-state index in [1.165, 1.54) is 77.7 Å². The minimum absolute atomic E-state index is 0.232. The summed E-state index contributed by atoms with van der Waals surface area (Å²) in [5.41, 5.74) is 1.82. The number of unbranched alkanes of at least 4 members (excludes halogenated alkanes) is 9. The van der Waals surface area contributed by atoms with Crippen LogP contribution in [0.5, 0.6) is 11.5 Å². The van der Waals surface area contributed by atoms with Crippen LogP contribution in [0, 0.1) is 0 Å². The van der Waals surface area contributed by atoms with E-state index >= 15 is 0 Å². The van der Waals surface area contributed by atoms with Gasteiger partial charge >= 0.3 is 0 Å². The van der Waals surface area contributed by atoms with Crippen molar-refractivity contribution in [1.82, 2.24) is 0 Å². The fourth-order valence-electron chi connectivity index (χ4n) is 4.25. The number of allylic oxidation sites excluding steroid dienone is 2. The molecule has 0 aliphatic heterocycles. The fraction of sp³-hybridized carbons (Fsp3) is 0.607. The first kappa shape index (κ1) is 27.6. The summed E-state index contributed by atoms with van der Waals surface area (Å²) in [6.07, 6.45) is 16.5. The monoisotopic (exact) mass is 471 g/mol. The number of methoxy groups -OCH3 is 2. The summed E-state index contributed by atoms with van der Waals surface area (Å²) in [5.74, 6) is 0.148. The molecule has 0 radical (unpaired) electrons. The van der Waals surface area contributed by atoms with E-state index in [0.717, 1.165) is 19.3 Å². The smallest absolute Gasteiger partial charge is 0.190 e. The third-order valence-electron chi connectivity index (χ3n) is 6.09. The van der Waals surface area contributed by atoms with Crippen molar-refractivity contribution in [3.8, 4) is 11.5 Å². The van der Waals surface area contributed by atoms with Crippen molar-refractivity contribution in [3.63, 3.8) is 0 Å². The number of ketones is 2. The van der Waals surface area contributed by atoms with Gasteiger partial charge in [-0.05, 0) is 37.5 Å². The molecule has 1 aromatic carbocycles. The number of carbonyl (C=O) groups excluding carboxylic acids is 2. The van der Waals surface area contributed by atoms with Crippen LogP contribution in [0.25, 0.3) is 0 Å². The van der Waals surface area contributed by atoms with Crippen LogP contribution in [-0.2, 0) is 4.84 Å². The molecule has 0 heterocycles. The zero-order valence-corrected chi connectivity index (χ0v) is 21.4. The Morgan fingerprint density at radius 3 is 1.91 bits per heavy atom. The fourth-order valence-corrected chi connectivity index (χ4v) is 4.25. The molecular weight excluding hydrogens is 430 g/mol. The molecular formula is C28H41NO5. The van der Waals surface area contributed by atoms with Gasteiger partial charge in [0.25, 0.3) is 0 Å². The molecule has 6 heteroatoms. The van der Waals surface area contributed by atoms with Crippen LogP contribution in [-0.4, -0.2) is 38.1 Å². The van der Waals surface area contributed by atoms with E-state index < -0.39 is 0 Å². The van der Waals surface area contributed by atoms with E-state index in [4.69, 9.17) is 14.3 Å². The van der Waals surface area contributed by atoms with Crippen molar-refractivity contribution < 1.29 is 23.9 Å². The van der Waals surface area contributed by atoms with Gasteiger partial charge in [-0.1, -0.05) is 76.8 Å². The molecule has 0 atom stereocenters. The molecule has 1 aliphatic rings. The van der Waals surface area contributed by atoms with Crippen LogP contribution in [0.3, 0.4) is 0 Å². The SMILES string of the molecule is CCCCCCCCCCCC/C(=N\OCCC)c1cc(OC)c2c(c1OC)C(=O)C=CC2=O. The second-order valence-corrected chi connectivity index (χ2v) is 8.77. The van der Waals surface area contributed by atoms with E-state index in [0.29, 0.717) is 35.8 Å². The van der Waals surface area contributed by atoms with Crippen molar-refractivity contribution in [1.29, 1.82) is 0 Å². The minimum atomic E-state index is -0.278. The van der Waals surface area contributed by atoms with E-state index in [1.807, 2.05) is 6.92 Å². The highest BCUT2D eigenvalue weighted by molar-refractivity contribution is 6.25. The van der Waals surface area contributed by atoms with Crippen LogP contribution in [0.15, 0.2) is 23.4 Å². The Hall–Kier alpha value is -2.63. The Labute approximate surface area is 204 Å². The first-order chi connectivity index (χ1) is 16.6. The third kappa shape index (κ3) is 7.71. The lowest BCUT2D eigenvalue weighted by atomic mass is 9.88. The normalized spacial score (nSPS) is 13.2. The summed E-state index contributed by atoms with van der Waals surface area (Å²) in [6, 6.07) is 1.74. The van der Waals surface area contributed by atoms with Gasteiger partial charge in [0.15, 0.2) is 11.6 Å². The number of hydrogen-bond acceptors (Lipinski definition) is 6. The van der Waals surface area contributed by atoms with E-state index in [-0.39, 0.29) is 22.7 Å². The van der Waals surface area contributed by atoms with Gasteiger partial charge in [-0.25, -0.2) is 0 Å². The predicted molar refractivity (Wildman–Crippen MR) is 137 cm³/mol. The van der Waals surface area contributed by atoms with Crippen molar-refractivity contribution in [3.05, 3.63) is 34.9 Å². The van der Waals surface area contributed by atoms with Gasteiger partial charge in [0, 0.05) is 5.56 Å². The number of carbonyl (C=O) groups is 2.